The number of carbonyl (C=O) groups excluding carboxylic acids is 1. The molecule has 0 saturated carbocycles. The summed E-state index contributed by atoms with van der Waals surface area (Å²) in [5, 5.41) is 3.59. The largest absolute Gasteiger partial charge is 0.490 e. The number of ether oxygens (including phenoxy) is 2. The van der Waals surface area contributed by atoms with Gasteiger partial charge in [-0.25, -0.2) is 0 Å². The Morgan fingerprint density at radius 1 is 1.14 bits per heavy atom. The minimum absolute atomic E-state index is 0.0416. The predicted octanol–water partition coefficient (Wildman–Crippen LogP) is 4.89. The maximum Gasteiger partial charge on any atom is 0.238 e. The Labute approximate surface area is 176 Å². The molecule has 0 aromatic heterocycles. The number of nitrogens with zero attached hydrogens (tertiary/aromatic N) is 1. The number of fused-ring (bicyclic) bond motifs is 1. The molecule has 2 aliphatic rings. The first-order chi connectivity index (χ1) is 14.0. The van der Waals surface area contributed by atoms with Crippen molar-refractivity contribution in [1.82, 2.24) is 4.90 Å². The minimum Gasteiger partial charge on any atom is -0.490 e. The van der Waals surface area contributed by atoms with Gasteiger partial charge >= 0.3 is 0 Å². The van der Waals surface area contributed by atoms with Crippen molar-refractivity contribution in [3.63, 3.8) is 0 Å². The van der Waals surface area contributed by atoms with Gasteiger partial charge in [-0.05, 0) is 68.1 Å². The summed E-state index contributed by atoms with van der Waals surface area (Å²) in [7, 11) is 0. The molecule has 2 aromatic carbocycles. The van der Waals surface area contributed by atoms with Gasteiger partial charge in [0.05, 0.1) is 30.5 Å². The van der Waals surface area contributed by atoms with Crippen molar-refractivity contribution in [1.29, 1.82) is 0 Å². The van der Waals surface area contributed by atoms with Crippen LogP contribution in [0.1, 0.15) is 42.0 Å². The van der Waals surface area contributed by atoms with Crippen molar-refractivity contribution in [2.45, 2.75) is 39.2 Å². The third-order valence-corrected chi connectivity index (χ3v) is 5.86. The highest BCUT2D eigenvalue weighted by Crippen LogP contribution is 2.38. The van der Waals surface area contributed by atoms with Gasteiger partial charge < -0.3 is 14.8 Å². The molecule has 0 radical (unpaired) electrons. The van der Waals surface area contributed by atoms with Gasteiger partial charge in [0.2, 0.25) is 5.91 Å². The van der Waals surface area contributed by atoms with E-state index in [4.69, 9.17) is 21.1 Å². The second-order valence-electron chi connectivity index (χ2n) is 7.87. The van der Waals surface area contributed by atoms with Crippen LogP contribution in [-0.2, 0) is 4.79 Å². The molecular weight excluding hydrogens is 388 g/mol. The zero-order valence-electron chi connectivity index (χ0n) is 17.0. The van der Waals surface area contributed by atoms with E-state index in [1.165, 1.54) is 5.56 Å². The Hall–Kier alpha value is -2.24. The zero-order valence-corrected chi connectivity index (χ0v) is 17.7. The smallest absolute Gasteiger partial charge is 0.238 e. The Morgan fingerprint density at radius 2 is 1.93 bits per heavy atom. The molecule has 1 atom stereocenters. The Morgan fingerprint density at radius 3 is 2.72 bits per heavy atom. The molecule has 6 heteroatoms. The van der Waals surface area contributed by atoms with Crippen molar-refractivity contribution in [3.05, 3.63) is 52.0 Å². The molecule has 5 nitrogen and oxygen atoms in total. The Kier molecular flexibility index (Phi) is 5.97. The lowest BCUT2D eigenvalue weighted by Gasteiger charge is -2.25. The van der Waals surface area contributed by atoms with Crippen molar-refractivity contribution in [2.24, 2.45) is 0 Å². The highest BCUT2D eigenvalue weighted by molar-refractivity contribution is 6.34. The van der Waals surface area contributed by atoms with Crippen LogP contribution >= 0.6 is 11.6 Å². The molecule has 1 amide bonds. The van der Waals surface area contributed by atoms with E-state index in [0.717, 1.165) is 48.4 Å². The van der Waals surface area contributed by atoms with Gasteiger partial charge in [0.25, 0.3) is 0 Å². The lowest BCUT2D eigenvalue weighted by molar-refractivity contribution is -0.117. The molecule has 0 aliphatic carbocycles. The van der Waals surface area contributed by atoms with Crippen LogP contribution in [0.15, 0.2) is 30.3 Å². The summed E-state index contributed by atoms with van der Waals surface area (Å²) in [4.78, 5) is 15.0. The van der Waals surface area contributed by atoms with Crippen molar-refractivity contribution >= 4 is 23.2 Å². The summed E-state index contributed by atoms with van der Waals surface area (Å²) >= 11 is 6.35. The fraction of sp³-hybridized carbons (Fsp3) is 0.435. The minimum atomic E-state index is -0.0416. The van der Waals surface area contributed by atoms with E-state index in [9.17, 15) is 4.79 Å². The molecule has 4 rings (SSSR count). The second-order valence-corrected chi connectivity index (χ2v) is 8.28. The number of hydrogen-bond donors (Lipinski definition) is 1. The molecule has 0 spiro atoms. The van der Waals surface area contributed by atoms with Gasteiger partial charge in [0.15, 0.2) is 11.5 Å². The number of benzene rings is 2. The molecule has 1 fully saturated rings. The van der Waals surface area contributed by atoms with Crippen molar-refractivity contribution < 1.29 is 14.3 Å². The quantitative estimate of drug-likeness (QED) is 0.773. The molecule has 154 valence electrons. The van der Waals surface area contributed by atoms with Crippen LogP contribution in [0.25, 0.3) is 0 Å². The summed E-state index contributed by atoms with van der Waals surface area (Å²) in [6, 6.07) is 10.3. The Balaban J connectivity index is 1.46. The van der Waals surface area contributed by atoms with Crippen LogP contribution in [0.5, 0.6) is 11.5 Å². The summed E-state index contributed by atoms with van der Waals surface area (Å²) in [6.07, 6.45) is 2.98. The van der Waals surface area contributed by atoms with E-state index in [2.05, 4.69) is 22.3 Å². The van der Waals surface area contributed by atoms with E-state index in [0.29, 0.717) is 30.5 Å². The molecule has 2 heterocycles. The number of rotatable bonds is 4. The van der Waals surface area contributed by atoms with E-state index in [1.807, 2.05) is 32.0 Å². The number of halogens is 1. The Bertz CT molecular complexity index is 892. The lowest BCUT2D eigenvalue weighted by Crippen LogP contribution is -2.33. The fourth-order valence-corrected chi connectivity index (χ4v) is 4.59. The summed E-state index contributed by atoms with van der Waals surface area (Å²) in [6.45, 7) is 6.54. The number of nitrogens with one attached hydrogen (secondary N) is 1. The number of aryl methyl sites for hydroxylation is 2. The zero-order chi connectivity index (χ0) is 20.4. The van der Waals surface area contributed by atoms with Gasteiger partial charge in [-0.15, -0.1) is 0 Å². The predicted molar refractivity (Wildman–Crippen MR) is 115 cm³/mol. The summed E-state index contributed by atoms with van der Waals surface area (Å²) in [5.41, 5.74) is 3.93. The average molecular weight is 415 g/mol. The van der Waals surface area contributed by atoms with Gasteiger partial charge in [-0.3, -0.25) is 9.69 Å². The highest BCUT2D eigenvalue weighted by atomic mass is 35.5. The number of hydrogen-bond acceptors (Lipinski definition) is 4. The molecular formula is C23H27ClN2O3. The summed E-state index contributed by atoms with van der Waals surface area (Å²) < 4.78 is 11.6. The number of carbonyl (C=O) groups is 1. The van der Waals surface area contributed by atoms with E-state index in [1.54, 1.807) is 0 Å². The first-order valence-electron chi connectivity index (χ1n) is 10.2. The maximum absolute atomic E-state index is 12.8. The maximum atomic E-state index is 12.8. The van der Waals surface area contributed by atoms with Crippen LogP contribution in [-0.4, -0.2) is 37.1 Å². The standard InChI is InChI=1S/C23H27ClN2O3/c1-15-11-16(2)23(18(24)12-15)25-22(27)14-26-8-3-5-19(26)17-6-7-20-21(13-17)29-10-4-9-28-20/h6-7,11-13,19H,3-5,8-10,14H2,1-2H3,(H,25,27). The molecule has 1 unspecified atom stereocenters. The molecule has 29 heavy (non-hydrogen) atoms. The third-order valence-electron chi connectivity index (χ3n) is 5.56. The van der Waals surface area contributed by atoms with Crippen molar-refractivity contribution in [3.8, 4) is 11.5 Å². The van der Waals surface area contributed by atoms with E-state index >= 15 is 0 Å². The highest BCUT2D eigenvalue weighted by Gasteiger charge is 2.29. The normalized spacial score (nSPS) is 19.1. The van der Waals surface area contributed by atoms with Crippen LogP contribution in [0.2, 0.25) is 5.02 Å². The van der Waals surface area contributed by atoms with Crippen molar-refractivity contribution in [2.75, 3.05) is 31.6 Å². The number of anilines is 1. The topological polar surface area (TPSA) is 50.8 Å². The third kappa shape index (κ3) is 4.51. The van der Waals surface area contributed by atoms with Gasteiger partial charge in [0, 0.05) is 12.5 Å². The van der Waals surface area contributed by atoms with Gasteiger partial charge in [-0.1, -0.05) is 23.7 Å². The first-order valence-corrected chi connectivity index (χ1v) is 10.6. The number of likely N-dealkylation sites (tertiary alicyclic amines) is 1. The molecule has 1 saturated heterocycles. The molecule has 1 N–H and O–H groups in total. The molecule has 2 aromatic rings. The first kappa shape index (κ1) is 20.0. The van der Waals surface area contributed by atoms with Crippen LogP contribution in [0.4, 0.5) is 5.69 Å². The SMILES string of the molecule is Cc1cc(C)c(NC(=O)CN2CCCC2c2ccc3c(c2)OCCCO3)c(Cl)c1. The summed E-state index contributed by atoms with van der Waals surface area (Å²) in [5.74, 6) is 1.57. The van der Waals surface area contributed by atoms with Crippen LogP contribution in [0, 0.1) is 13.8 Å². The van der Waals surface area contributed by atoms with Gasteiger partial charge in [-0.2, -0.15) is 0 Å². The van der Waals surface area contributed by atoms with Gasteiger partial charge in [0.1, 0.15) is 0 Å². The molecule has 2 aliphatic heterocycles. The fourth-order valence-electron chi connectivity index (χ4n) is 4.22. The van der Waals surface area contributed by atoms with Crippen LogP contribution in [0.3, 0.4) is 0 Å². The number of amides is 1. The average Bonchev–Trinajstić information content (AvgIpc) is 3.00. The monoisotopic (exact) mass is 414 g/mol. The lowest BCUT2D eigenvalue weighted by atomic mass is 10.0. The second kappa shape index (κ2) is 8.64. The van der Waals surface area contributed by atoms with E-state index in [-0.39, 0.29) is 11.9 Å². The van der Waals surface area contributed by atoms with E-state index < -0.39 is 0 Å². The molecule has 0 bridgehead atoms. The van der Waals surface area contributed by atoms with Crippen LogP contribution < -0.4 is 14.8 Å².